The zero-order valence-electron chi connectivity index (χ0n) is 15.2. The van der Waals surface area contributed by atoms with Crippen molar-refractivity contribution in [2.24, 2.45) is 5.92 Å². The molecule has 2 aromatic rings. The van der Waals surface area contributed by atoms with Crippen LogP contribution in [0.1, 0.15) is 37.3 Å². The summed E-state index contributed by atoms with van der Waals surface area (Å²) in [7, 11) is 0. The minimum Gasteiger partial charge on any atom is -0.467 e. The Bertz CT molecular complexity index is 790. The number of furan rings is 1. The van der Waals surface area contributed by atoms with Crippen LogP contribution in [0.3, 0.4) is 0 Å². The number of nitrogens with zero attached hydrogens (tertiary/aromatic N) is 3. The van der Waals surface area contributed by atoms with Crippen LogP contribution in [0, 0.1) is 5.92 Å². The highest BCUT2D eigenvalue weighted by molar-refractivity contribution is 5.78. The number of carbonyl (C=O) groups excluding carboxylic acids is 1. The molecule has 0 radical (unpaired) electrons. The van der Waals surface area contributed by atoms with Gasteiger partial charge in [0, 0.05) is 30.8 Å². The maximum Gasteiger partial charge on any atom is 0.225 e. The molecule has 1 fully saturated rings. The van der Waals surface area contributed by atoms with Crippen LogP contribution in [0.25, 0.3) is 0 Å². The van der Waals surface area contributed by atoms with E-state index in [-0.39, 0.29) is 17.2 Å². The van der Waals surface area contributed by atoms with Gasteiger partial charge < -0.3 is 19.4 Å². The van der Waals surface area contributed by atoms with Crippen molar-refractivity contribution < 1.29 is 13.9 Å². The first-order chi connectivity index (χ1) is 12.6. The third-order valence-electron chi connectivity index (χ3n) is 5.16. The van der Waals surface area contributed by atoms with Gasteiger partial charge in [-0.2, -0.15) is 0 Å². The van der Waals surface area contributed by atoms with Gasteiger partial charge in [-0.05, 0) is 18.6 Å². The normalized spacial score (nSPS) is 22.0. The molecule has 26 heavy (non-hydrogen) atoms. The molecule has 0 saturated carbocycles. The van der Waals surface area contributed by atoms with E-state index >= 15 is 0 Å². The standard InChI is InChI=1S/C19H24N4O3/c1-13(2)17(24)23-6-5-19(11-23)12-25-10-14-8-20-18(22-16(14)19)21-9-15-4-3-7-26-15/h3-4,7-8,13H,5-6,9-12H2,1-2H3,(H,20,21,22). The van der Waals surface area contributed by atoms with Crippen molar-refractivity contribution >= 4 is 11.9 Å². The zero-order chi connectivity index (χ0) is 18.1. The van der Waals surface area contributed by atoms with Gasteiger partial charge in [0.1, 0.15) is 5.76 Å². The number of ether oxygens (including phenoxy) is 1. The molecule has 1 amide bonds. The van der Waals surface area contributed by atoms with Crippen molar-refractivity contribution in [3.63, 3.8) is 0 Å². The second-order valence-corrected chi connectivity index (χ2v) is 7.44. The summed E-state index contributed by atoms with van der Waals surface area (Å²) in [5.74, 6) is 1.61. The van der Waals surface area contributed by atoms with Gasteiger partial charge in [-0.25, -0.2) is 9.97 Å². The fourth-order valence-electron chi connectivity index (χ4n) is 3.80. The van der Waals surface area contributed by atoms with Gasteiger partial charge in [-0.1, -0.05) is 13.8 Å². The second-order valence-electron chi connectivity index (χ2n) is 7.44. The Kier molecular flexibility index (Phi) is 4.40. The molecule has 1 spiro atoms. The monoisotopic (exact) mass is 356 g/mol. The van der Waals surface area contributed by atoms with E-state index in [9.17, 15) is 4.79 Å². The number of anilines is 1. The van der Waals surface area contributed by atoms with Crippen molar-refractivity contribution in [2.45, 2.75) is 38.8 Å². The lowest BCUT2D eigenvalue weighted by Gasteiger charge is -2.34. The SMILES string of the molecule is CC(C)C(=O)N1CCC2(COCc3cnc(NCc4ccco4)nc32)C1. The Hall–Kier alpha value is -2.41. The highest BCUT2D eigenvalue weighted by Gasteiger charge is 2.46. The third kappa shape index (κ3) is 3.07. The highest BCUT2D eigenvalue weighted by atomic mass is 16.5. The topological polar surface area (TPSA) is 80.5 Å². The van der Waals surface area contributed by atoms with Crippen LogP contribution in [-0.4, -0.2) is 40.5 Å². The summed E-state index contributed by atoms with van der Waals surface area (Å²) in [4.78, 5) is 23.6. The number of carbonyl (C=O) groups is 1. The highest BCUT2D eigenvalue weighted by Crippen LogP contribution is 2.39. The molecule has 138 valence electrons. The van der Waals surface area contributed by atoms with Crippen LogP contribution in [0.2, 0.25) is 0 Å². The first-order valence-electron chi connectivity index (χ1n) is 9.07. The van der Waals surface area contributed by atoms with E-state index in [1.807, 2.05) is 37.1 Å². The number of nitrogens with one attached hydrogen (secondary N) is 1. The third-order valence-corrected chi connectivity index (χ3v) is 5.16. The quantitative estimate of drug-likeness (QED) is 0.906. The Balaban J connectivity index is 1.57. The van der Waals surface area contributed by atoms with Crippen molar-refractivity contribution in [3.05, 3.63) is 41.6 Å². The average molecular weight is 356 g/mol. The number of aromatic nitrogens is 2. The van der Waals surface area contributed by atoms with Crippen molar-refractivity contribution in [2.75, 3.05) is 25.0 Å². The molecule has 1 atom stereocenters. The average Bonchev–Trinajstić information content (AvgIpc) is 3.30. The van der Waals surface area contributed by atoms with Gasteiger partial charge >= 0.3 is 0 Å². The van der Waals surface area contributed by atoms with E-state index in [0.29, 0.717) is 32.3 Å². The van der Waals surface area contributed by atoms with Crippen LogP contribution < -0.4 is 5.32 Å². The Morgan fingerprint density at radius 1 is 1.46 bits per heavy atom. The van der Waals surface area contributed by atoms with Gasteiger partial charge in [0.25, 0.3) is 0 Å². The number of rotatable bonds is 4. The minimum atomic E-state index is -0.234. The predicted molar refractivity (Wildman–Crippen MR) is 95.4 cm³/mol. The molecule has 7 heteroatoms. The van der Waals surface area contributed by atoms with Crippen LogP contribution >= 0.6 is 0 Å². The molecule has 4 rings (SSSR count). The van der Waals surface area contributed by atoms with E-state index in [1.54, 1.807) is 6.26 Å². The van der Waals surface area contributed by atoms with Gasteiger partial charge in [0.05, 0.1) is 37.1 Å². The number of hydrogen-bond acceptors (Lipinski definition) is 6. The van der Waals surface area contributed by atoms with Crippen LogP contribution in [0.4, 0.5) is 5.95 Å². The molecule has 1 saturated heterocycles. The van der Waals surface area contributed by atoms with Gasteiger partial charge in [-0.15, -0.1) is 0 Å². The summed E-state index contributed by atoms with van der Waals surface area (Å²) >= 11 is 0. The molecule has 1 N–H and O–H groups in total. The molecule has 0 aliphatic carbocycles. The molecule has 2 aromatic heterocycles. The summed E-state index contributed by atoms with van der Waals surface area (Å²) in [6.45, 7) is 6.94. The summed E-state index contributed by atoms with van der Waals surface area (Å²) in [6, 6.07) is 3.77. The van der Waals surface area contributed by atoms with Crippen molar-refractivity contribution in [1.29, 1.82) is 0 Å². The Morgan fingerprint density at radius 2 is 2.35 bits per heavy atom. The maximum absolute atomic E-state index is 12.4. The molecule has 1 unspecified atom stereocenters. The van der Waals surface area contributed by atoms with Gasteiger partial charge in [-0.3, -0.25) is 4.79 Å². The van der Waals surface area contributed by atoms with Crippen molar-refractivity contribution in [1.82, 2.24) is 14.9 Å². The van der Waals surface area contributed by atoms with Crippen LogP contribution in [0.5, 0.6) is 0 Å². The molecule has 4 heterocycles. The molecule has 0 aromatic carbocycles. The van der Waals surface area contributed by atoms with E-state index in [0.717, 1.165) is 30.0 Å². The molecule has 2 aliphatic rings. The molecule has 2 aliphatic heterocycles. The van der Waals surface area contributed by atoms with Gasteiger partial charge in [0.15, 0.2) is 0 Å². The number of fused-ring (bicyclic) bond motifs is 2. The number of hydrogen-bond donors (Lipinski definition) is 1. The van der Waals surface area contributed by atoms with E-state index in [4.69, 9.17) is 14.1 Å². The molecular formula is C19H24N4O3. The van der Waals surface area contributed by atoms with E-state index in [1.165, 1.54) is 0 Å². The summed E-state index contributed by atoms with van der Waals surface area (Å²) in [5, 5.41) is 3.22. The molecular weight excluding hydrogens is 332 g/mol. The van der Waals surface area contributed by atoms with Crippen LogP contribution in [-0.2, 0) is 28.1 Å². The zero-order valence-corrected chi connectivity index (χ0v) is 15.2. The molecule has 7 nitrogen and oxygen atoms in total. The molecule has 0 bridgehead atoms. The summed E-state index contributed by atoms with van der Waals surface area (Å²) in [5.41, 5.74) is 1.79. The predicted octanol–water partition coefficient (Wildman–Crippen LogP) is 2.34. The van der Waals surface area contributed by atoms with E-state index in [2.05, 4.69) is 10.3 Å². The first kappa shape index (κ1) is 17.0. The lowest BCUT2D eigenvalue weighted by Crippen LogP contribution is -2.42. The number of amides is 1. The minimum absolute atomic E-state index is 0.00468. The smallest absolute Gasteiger partial charge is 0.225 e. The lowest BCUT2D eigenvalue weighted by atomic mass is 9.80. The lowest BCUT2D eigenvalue weighted by molar-refractivity contribution is -0.133. The Morgan fingerprint density at radius 3 is 3.12 bits per heavy atom. The van der Waals surface area contributed by atoms with Crippen LogP contribution in [0.15, 0.2) is 29.0 Å². The summed E-state index contributed by atoms with van der Waals surface area (Å²) < 4.78 is 11.2. The fourth-order valence-corrected chi connectivity index (χ4v) is 3.80. The second kappa shape index (κ2) is 6.72. The van der Waals surface area contributed by atoms with E-state index < -0.39 is 0 Å². The van der Waals surface area contributed by atoms with Gasteiger partial charge in [0.2, 0.25) is 11.9 Å². The van der Waals surface area contributed by atoms with Crippen molar-refractivity contribution in [3.8, 4) is 0 Å². The fraction of sp³-hybridized carbons (Fsp3) is 0.526. The largest absolute Gasteiger partial charge is 0.467 e. The summed E-state index contributed by atoms with van der Waals surface area (Å²) in [6.07, 6.45) is 4.35. The number of likely N-dealkylation sites (tertiary alicyclic amines) is 1. The first-order valence-corrected chi connectivity index (χ1v) is 9.07. The Labute approximate surface area is 152 Å². The maximum atomic E-state index is 12.4.